The number of hydrogen-bond acceptors (Lipinski definition) is 2. The first kappa shape index (κ1) is 24.5. The van der Waals surface area contributed by atoms with E-state index in [1.807, 2.05) is 31.3 Å². The molecule has 6 heteroatoms. The number of halogens is 2. The van der Waals surface area contributed by atoms with Gasteiger partial charge in [0.1, 0.15) is 27.4 Å². The van der Waals surface area contributed by atoms with Crippen LogP contribution in [0.1, 0.15) is 11.1 Å². The molecule has 0 radical (unpaired) electrons. The van der Waals surface area contributed by atoms with Gasteiger partial charge in [-0.2, -0.15) is 0 Å². The van der Waals surface area contributed by atoms with Crippen LogP contribution in [0.2, 0.25) is 0 Å². The Bertz CT molecular complexity index is 1120. The Hall–Kier alpha value is -2.11. The number of rotatable bonds is 5. The SMILES string of the molecule is Cc1ccc(N=Cc2ccccc2[PH+](c2ccccc2)c2ccccc2)c(O)c1.[Cl][Cr][Cl]. The molecule has 0 fully saturated rings. The molecule has 162 valence electrons. The van der Waals surface area contributed by atoms with E-state index in [1.165, 1.54) is 15.9 Å². The van der Waals surface area contributed by atoms with Crippen molar-refractivity contribution in [1.29, 1.82) is 0 Å². The van der Waals surface area contributed by atoms with Crippen LogP contribution in [-0.2, 0) is 13.4 Å². The summed E-state index contributed by atoms with van der Waals surface area (Å²) in [7, 11) is 8.47. The van der Waals surface area contributed by atoms with Gasteiger partial charge in [0.25, 0.3) is 0 Å². The van der Waals surface area contributed by atoms with Gasteiger partial charge in [-0.3, -0.25) is 4.99 Å². The average molecular weight is 519 g/mol. The molecule has 0 bridgehead atoms. The number of aliphatic imine (C=N–C) groups is 1. The molecule has 4 rings (SSSR count). The zero-order valence-electron chi connectivity index (χ0n) is 17.5. The van der Waals surface area contributed by atoms with Crippen LogP contribution in [0, 0.1) is 6.92 Å². The number of benzene rings is 4. The Kier molecular flexibility index (Phi) is 9.82. The molecule has 0 aliphatic rings. The minimum absolute atomic E-state index is 0.181. The fourth-order valence-corrected chi connectivity index (χ4v) is 6.11. The summed E-state index contributed by atoms with van der Waals surface area (Å²) in [5.41, 5.74) is 2.67. The molecule has 0 unspecified atom stereocenters. The number of aryl methyl sites for hydroxylation is 1. The quantitative estimate of drug-likeness (QED) is 0.243. The topological polar surface area (TPSA) is 32.6 Å². The Labute approximate surface area is 205 Å². The van der Waals surface area contributed by atoms with Crippen molar-refractivity contribution >= 4 is 55.8 Å². The van der Waals surface area contributed by atoms with E-state index in [4.69, 9.17) is 20.1 Å². The summed E-state index contributed by atoms with van der Waals surface area (Å²) in [6.45, 7) is 1.96. The van der Waals surface area contributed by atoms with Gasteiger partial charge in [-0.05, 0) is 61.0 Å². The second kappa shape index (κ2) is 12.8. The summed E-state index contributed by atoms with van der Waals surface area (Å²) in [5.74, 6) is 0.204. The van der Waals surface area contributed by atoms with Crippen molar-refractivity contribution in [2.75, 3.05) is 0 Å². The molecule has 0 heterocycles. The molecule has 0 aliphatic carbocycles. The standard InChI is InChI=1S/C26H22NOP.2ClH.Cr/c1-20-16-17-24(25(28)18-20)27-19-21-10-8-9-15-26(21)29(22-11-4-2-5-12-22)23-13-6-3-7-14-23;;;/h2-19,28H,1H3;2*1H;/q;;;+2/p-1. The summed E-state index contributed by atoms with van der Waals surface area (Å²) in [5, 5.41) is 14.2. The van der Waals surface area contributed by atoms with Crippen LogP contribution in [-0.4, -0.2) is 11.3 Å². The van der Waals surface area contributed by atoms with Crippen molar-refractivity contribution in [2.24, 2.45) is 4.99 Å². The molecule has 1 N–H and O–H groups in total. The minimum atomic E-state index is -1.18. The van der Waals surface area contributed by atoms with Crippen molar-refractivity contribution in [2.45, 2.75) is 6.92 Å². The third-order valence-corrected chi connectivity index (χ3v) is 7.64. The molecule has 4 aromatic carbocycles. The van der Waals surface area contributed by atoms with Crippen LogP contribution < -0.4 is 15.9 Å². The molecule has 0 spiro atoms. The molecule has 0 aromatic heterocycles. The first-order valence-corrected chi connectivity index (χ1v) is 14.9. The van der Waals surface area contributed by atoms with Gasteiger partial charge in [0, 0.05) is 11.8 Å². The third-order valence-electron chi connectivity index (χ3n) is 4.83. The molecule has 2 nitrogen and oxygen atoms in total. The zero-order valence-corrected chi connectivity index (χ0v) is 21.2. The molecule has 0 saturated heterocycles. The van der Waals surface area contributed by atoms with Crippen molar-refractivity contribution in [3.05, 3.63) is 114 Å². The van der Waals surface area contributed by atoms with Crippen LogP contribution in [0.25, 0.3) is 0 Å². The molecular weight excluding hydrogens is 496 g/mol. The van der Waals surface area contributed by atoms with Crippen LogP contribution in [0.4, 0.5) is 5.69 Å². The summed E-state index contributed by atoms with van der Waals surface area (Å²) in [6.07, 6.45) is 1.87. The molecule has 4 aromatic rings. The van der Waals surface area contributed by atoms with Gasteiger partial charge in [-0.1, -0.05) is 54.6 Å². The van der Waals surface area contributed by atoms with Gasteiger partial charge < -0.3 is 5.11 Å². The van der Waals surface area contributed by atoms with Gasteiger partial charge in [-0.15, -0.1) is 0 Å². The fraction of sp³-hybridized carbons (Fsp3) is 0.0385. The fourth-order valence-electron chi connectivity index (χ4n) is 3.41. The molecule has 0 atom stereocenters. The monoisotopic (exact) mass is 518 g/mol. The summed E-state index contributed by atoms with van der Waals surface area (Å²) in [6, 6.07) is 35.3. The molecule has 32 heavy (non-hydrogen) atoms. The van der Waals surface area contributed by atoms with E-state index in [0.29, 0.717) is 5.69 Å². The first-order valence-electron chi connectivity index (χ1n) is 9.94. The first-order chi connectivity index (χ1) is 15.6. The summed E-state index contributed by atoms with van der Waals surface area (Å²) >= 11 is -0.181. The Morgan fingerprint density at radius 2 is 1.31 bits per heavy atom. The molecule has 0 aliphatic heterocycles. The Morgan fingerprint density at radius 1 is 0.781 bits per heavy atom. The molecular formula is C26H23Cl2CrNOP+. The second-order valence-corrected chi connectivity index (χ2v) is 11.6. The number of nitrogens with zero attached hydrogens (tertiary/aromatic N) is 1. The predicted molar refractivity (Wildman–Crippen MR) is 138 cm³/mol. The number of phenols is 1. The Morgan fingerprint density at radius 3 is 1.88 bits per heavy atom. The van der Waals surface area contributed by atoms with E-state index in [9.17, 15) is 5.11 Å². The van der Waals surface area contributed by atoms with Gasteiger partial charge in [0.15, 0.2) is 0 Å². The van der Waals surface area contributed by atoms with Crippen molar-refractivity contribution < 1.29 is 18.5 Å². The number of phenolic OH excluding ortho intramolecular Hbond substituents is 1. The average Bonchev–Trinajstić information content (AvgIpc) is 2.81. The maximum atomic E-state index is 10.2. The van der Waals surface area contributed by atoms with E-state index >= 15 is 0 Å². The van der Waals surface area contributed by atoms with E-state index in [2.05, 4.69) is 83.9 Å². The van der Waals surface area contributed by atoms with Crippen molar-refractivity contribution in [1.82, 2.24) is 0 Å². The molecule has 0 saturated carbocycles. The molecule has 0 amide bonds. The van der Waals surface area contributed by atoms with Crippen molar-refractivity contribution in [3.63, 3.8) is 0 Å². The third kappa shape index (κ3) is 6.69. The van der Waals surface area contributed by atoms with E-state index < -0.39 is 7.92 Å². The number of aromatic hydroxyl groups is 1. The normalized spacial score (nSPS) is 10.8. The van der Waals surface area contributed by atoms with E-state index in [0.717, 1.165) is 11.1 Å². The van der Waals surface area contributed by atoms with Crippen molar-refractivity contribution in [3.8, 4) is 5.75 Å². The predicted octanol–water partition coefficient (Wildman–Crippen LogP) is 6.32. The van der Waals surface area contributed by atoms with Gasteiger partial charge in [0.05, 0.1) is 7.92 Å². The van der Waals surface area contributed by atoms with Crippen LogP contribution in [0.15, 0.2) is 108 Å². The number of hydrogen-bond donors (Lipinski definition) is 1. The van der Waals surface area contributed by atoms with E-state index in [1.54, 1.807) is 6.07 Å². The van der Waals surface area contributed by atoms with Crippen LogP contribution >= 0.6 is 28.0 Å². The summed E-state index contributed by atoms with van der Waals surface area (Å²) in [4.78, 5) is 4.59. The van der Waals surface area contributed by atoms with Gasteiger partial charge >= 0.3 is 33.5 Å². The maximum absolute atomic E-state index is 10.2. The second-order valence-electron chi connectivity index (χ2n) is 7.00. The van der Waals surface area contributed by atoms with Gasteiger partial charge in [-0.25, -0.2) is 0 Å². The van der Waals surface area contributed by atoms with Crippen LogP contribution in [0.3, 0.4) is 0 Å². The van der Waals surface area contributed by atoms with Crippen LogP contribution in [0.5, 0.6) is 5.75 Å². The zero-order chi connectivity index (χ0) is 22.8. The Balaban J connectivity index is 0.000000913. The van der Waals surface area contributed by atoms with Gasteiger partial charge in [0.2, 0.25) is 0 Å². The van der Waals surface area contributed by atoms with E-state index in [-0.39, 0.29) is 19.1 Å². The summed E-state index contributed by atoms with van der Waals surface area (Å²) < 4.78 is 0.